The summed E-state index contributed by atoms with van der Waals surface area (Å²) in [6, 6.07) is 11.6. The van der Waals surface area contributed by atoms with E-state index in [9.17, 15) is 9.90 Å². The molecule has 1 fully saturated rings. The number of hydrogen-bond donors (Lipinski definition) is 2. The minimum atomic E-state index is -0.728. The Bertz CT molecular complexity index is 1020. The van der Waals surface area contributed by atoms with Crippen LogP contribution >= 0.6 is 0 Å². The van der Waals surface area contributed by atoms with Gasteiger partial charge >= 0.3 is 0 Å². The number of carbonyl (C=O) groups is 1. The van der Waals surface area contributed by atoms with E-state index in [2.05, 4.69) is 10.3 Å². The summed E-state index contributed by atoms with van der Waals surface area (Å²) in [6.45, 7) is 0.452. The second-order valence-electron chi connectivity index (χ2n) is 7.49. The maximum Gasteiger partial charge on any atom is 0.271 e. The second kappa shape index (κ2) is 6.09. The Labute approximate surface area is 156 Å². The molecule has 1 aliphatic heterocycles. The Balaban J connectivity index is 1.34. The highest BCUT2D eigenvalue weighted by Crippen LogP contribution is 2.40. The first-order valence-corrected chi connectivity index (χ1v) is 9.34. The van der Waals surface area contributed by atoms with Gasteiger partial charge in [-0.3, -0.25) is 4.79 Å². The number of amides is 1. The molecule has 27 heavy (non-hydrogen) atoms. The number of rotatable bonds is 3. The molecule has 0 unspecified atom stereocenters. The molecule has 138 valence electrons. The average molecular weight is 363 g/mol. The van der Waals surface area contributed by atoms with Gasteiger partial charge in [0.1, 0.15) is 23.7 Å². The number of aromatic nitrogens is 2. The van der Waals surface area contributed by atoms with E-state index in [1.54, 1.807) is 6.20 Å². The van der Waals surface area contributed by atoms with Gasteiger partial charge in [0.25, 0.3) is 5.91 Å². The first kappa shape index (κ1) is 16.3. The van der Waals surface area contributed by atoms with E-state index in [4.69, 9.17) is 4.74 Å². The quantitative estimate of drug-likeness (QED) is 0.749. The molecule has 0 spiro atoms. The molecule has 2 aromatic heterocycles. The lowest BCUT2D eigenvalue weighted by molar-refractivity contribution is -0.0391. The second-order valence-corrected chi connectivity index (χ2v) is 7.49. The molecule has 0 radical (unpaired) electrons. The number of nitrogens with zero attached hydrogens (tertiary/aromatic N) is 2. The van der Waals surface area contributed by atoms with Crippen molar-refractivity contribution in [3.63, 3.8) is 0 Å². The van der Waals surface area contributed by atoms with E-state index in [0.717, 1.165) is 42.6 Å². The zero-order chi connectivity index (χ0) is 18.4. The Morgan fingerprint density at radius 1 is 1.22 bits per heavy atom. The summed E-state index contributed by atoms with van der Waals surface area (Å²) in [5, 5.41) is 13.5. The van der Waals surface area contributed by atoms with Crippen LogP contribution in [0.15, 0.2) is 48.8 Å². The lowest BCUT2D eigenvalue weighted by Crippen LogP contribution is -2.42. The minimum absolute atomic E-state index is 0.0801. The van der Waals surface area contributed by atoms with E-state index in [0.29, 0.717) is 17.9 Å². The van der Waals surface area contributed by atoms with Crippen molar-refractivity contribution in [3.05, 3.63) is 65.6 Å². The molecule has 2 aliphatic rings. The van der Waals surface area contributed by atoms with Crippen molar-refractivity contribution < 1.29 is 14.6 Å². The Morgan fingerprint density at radius 3 is 2.89 bits per heavy atom. The van der Waals surface area contributed by atoms with Crippen LogP contribution < -0.4 is 10.1 Å². The van der Waals surface area contributed by atoms with E-state index in [1.807, 2.05) is 47.0 Å². The first-order chi connectivity index (χ1) is 13.1. The summed E-state index contributed by atoms with van der Waals surface area (Å²) in [5.74, 6) is 0.674. The van der Waals surface area contributed by atoms with Gasteiger partial charge in [0, 0.05) is 18.0 Å². The highest BCUT2D eigenvalue weighted by atomic mass is 16.5. The van der Waals surface area contributed by atoms with Crippen LogP contribution in [0.2, 0.25) is 0 Å². The van der Waals surface area contributed by atoms with Crippen LogP contribution in [0.4, 0.5) is 0 Å². The molecule has 6 heteroatoms. The summed E-state index contributed by atoms with van der Waals surface area (Å²) >= 11 is 0. The maximum absolute atomic E-state index is 12.7. The molecule has 6 nitrogen and oxygen atoms in total. The van der Waals surface area contributed by atoms with Gasteiger partial charge in [-0.15, -0.1) is 0 Å². The standard InChI is InChI=1S/C21H21N3O3/c25-20(22-16-10-14-4-1-2-5-18(14)27-13-16)17-12-24-11-15(6-7-19(24)23-17)21(26)8-3-9-21/h1-2,4-7,11-12,16,26H,3,8-10,13H2,(H,22,25)/t16-/m1/s1. The third kappa shape index (κ3) is 2.86. The number of nitrogens with one attached hydrogen (secondary N) is 1. The van der Waals surface area contributed by atoms with Gasteiger partial charge in [-0.25, -0.2) is 4.98 Å². The van der Waals surface area contributed by atoms with Crippen LogP contribution in [0.5, 0.6) is 5.75 Å². The molecule has 1 saturated carbocycles. The average Bonchev–Trinajstić information content (AvgIpc) is 3.09. The molecule has 3 aromatic rings. The molecule has 2 N–H and O–H groups in total. The number of imidazole rings is 1. The molecule has 0 saturated heterocycles. The predicted molar refractivity (Wildman–Crippen MR) is 99.8 cm³/mol. The van der Waals surface area contributed by atoms with Crippen molar-refractivity contribution in [1.82, 2.24) is 14.7 Å². The molecule has 1 aliphatic carbocycles. The summed E-state index contributed by atoms with van der Waals surface area (Å²) in [6.07, 6.45) is 6.94. The molecule has 1 aromatic carbocycles. The summed E-state index contributed by atoms with van der Waals surface area (Å²) in [5.41, 5.74) is 2.31. The van der Waals surface area contributed by atoms with Crippen molar-refractivity contribution >= 4 is 11.6 Å². The van der Waals surface area contributed by atoms with Crippen LogP contribution in [0.3, 0.4) is 0 Å². The fourth-order valence-electron chi connectivity index (χ4n) is 3.86. The van der Waals surface area contributed by atoms with Gasteiger partial charge in [-0.05, 0) is 43.4 Å². The van der Waals surface area contributed by atoms with Crippen LogP contribution in [-0.2, 0) is 12.0 Å². The summed E-state index contributed by atoms with van der Waals surface area (Å²) in [7, 11) is 0. The van der Waals surface area contributed by atoms with Crippen molar-refractivity contribution in [1.29, 1.82) is 0 Å². The van der Waals surface area contributed by atoms with Crippen molar-refractivity contribution in [2.75, 3.05) is 6.61 Å². The van der Waals surface area contributed by atoms with Crippen LogP contribution in [0, 0.1) is 0 Å². The Kier molecular flexibility index (Phi) is 3.68. The largest absolute Gasteiger partial charge is 0.491 e. The molecular weight excluding hydrogens is 342 g/mol. The van der Waals surface area contributed by atoms with Gasteiger partial charge in [-0.2, -0.15) is 0 Å². The van der Waals surface area contributed by atoms with Gasteiger partial charge in [0.2, 0.25) is 0 Å². The number of carbonyl (C=O) groups excluding carboxylic acids is 1. The lowest BCUT2D eigenvalue weighted by atomic mass is 9.76. The van der Waals surface area contributed by atoms with Gasteiger partial charge in [0.05, 0.1) is 11.6 Å². The Morgan fingerprint density at radius 2 is 2.07 bits per heavy atom. The highest BCUT2D eigenvalue weighted by molar-refractivity contribution is 5.93. The van der Waals surface area contributed by atoms with Crippen LogP contribution in [0.1, 0.15) is 40.9 Å². The fourth-order valence-corrected chi connectivity index (χ4v) is 3.86. The molecule has 1 atom stereocenters. The number of para-hydroxylation sites is 1. The van der Waals surface area contributed by atoms with E-state index in [-0.39, 0.29) is 11.9 Å². The molecule has 1 amide bonds. The zero-order valence-corrected chi connectivity index (χ0v) is 14.9. The van der Waals surface area contributed by atoms with E-state index in [1.165, 1.54) is 0 Å². The zero-order valence-electron chi connectivity index (χ0n) is 14.9. The third-order valence-corrected chi connectivity index (χ3v) is 5.62. The van der Waals surface area contributed by atoms with E-state index < -0.39 is 5.60 Å². The molecule has 0 bridgehead atoms. The van der Waals surface area contributed by atoms with E-state index >= 15 is 0 Å². The summed E-state index contributed by atoms with van der Waals surface area (Å²) < 4.78 is 7.55. The third-order valence-electron chi connectivity index (χ3n) is 5.62. The van der Waals surface area contributed by atoms with Crippen molar-refractivity contribution in [2.24, 2.45) is 0 Å². The summed E-state index contributed by atoms with van der Waals surface area (Å²) in [4.78, 5) is 17.1. The number of pyridine rings is 1. The van der Waals surface area contributed by atoms with Gasteiger partial charge in [-0.1, -0.05) is 24.3 Å². The van der Waals surface area contributed by atoms with Gasteiger partial charge < -0.3 is 19.6 Å². The topological polar surface area (TPSA) is 75.9 Å². The van der Waals surface area contributed by atoms with Crippen molar-refractivity contribution in [3.8, 4) is 5.75 Å². The Hall–Kier alpha value is -2.86. The number of benzene rings is 1. The minimum Gasteiger partial charge on any atom is -0.491 e. The fraction of sp³-hybridized carbons (Fsp3) is 0.333. The number of ether oxygens (including phenoxy) is 1. The number of hydrogen-bond acceptors (Lipinski definition) is 4. The number of aliphatic hydroxyl groups is 1. The molecular formula is C21H21N3O3. The first-order valence-electron chi connectivity index (χ1n) is 9.34. The molecule has 3 heterocycles. The lowest BCUT2D eigenvalue weighted by Gasteiger charge is -2.36. The van der Waals surface area contributed by atoms with Gasteiger partial charge in [0.15, 0.2) is 0 Å². The SMILES string of the molecule is O=C(N[C@H]1COc2ccccc2C1)c1cn2cc(C3(O)CCC3)ccc2n1. The van der Waals surface area contributed by atoms with Crippen LogP contribution in [0.25, 0.3) is 5.65 Å². The number of fused-ring (bicyclic) bond motifs is 2. The maximum atomic E-state index is 12.7. The monoisotopic (exact) mass is 363 g/mol. The van der Waals surface area contributed by atoms with Crippen LogP contribution in [-0.4, -0.2) is 33.0 Å². The smallest absolute Gasteiger partial charge is 0.271 e. The normalized spacial score (nSPS) is 20.4. The van der Waals surface area contributed by atoms with Crippen molar-refractivity contribution in [2.45, 2.75) is 37.3 Å². The highest BCUT2D eigenvalue weighted by Gasteiger charge is 2.36. The molecule has 5 rings (SSSR count). The predicted octanol–water partition coefficient (Wildman–Crippen LogP) is 2.44.